The number of nitrogens with one attached hydrogen (secondary N) is 1. The van der Waals surface area contributed by atoms with Crippen molar-refractivity contribution < 1.29 is 31.9 Å². The number of hydrogen-bond acceptors (Lipinski definition) is 4. The van der Waals surface area contributed by atoms with Crippen LogP contribution in [0.25, 0.3) is 0 Å². The first-order valence-electron chi connectivity index (χ1n) is 6.93. The maximum absolute atomic E-state index is 14.0. The molecule has 0 spiro atoms. The number of esters is 1. The van der Waals surface area contributed by atoms with Gasteiger partial charge in [-0.1, -0.05) is 0 Å². The molecular weight excluding hydrogens is 398 g/mol. The van der Waals surface area contributed by atoms with Gasteiger partial charge < -0.3 is 10.1 Å². The molecule has 0 radical (unpaired) electrons. The van der Waals surface area contributed by atoms with E-state index in [1.165, 1.54) is 6.92 Å². The third kappa shape index (κ3) is 3.77. The van der Waals surface area contributed by atoms with E-state index in [2.05, 4.69) is 26.0 Å². The molecule has 1 fully saturated rings. The summed E-state index contributed by atoms with van der Waals surface area (Å²) in [6.45, 7) is 1.42. The molecule has 2 unspecified atom stereocenters. The van der Waals surface area contributed by atoms with Gasteiger partial charge in [0.05, 0.1) is 22.7 Å². The van der Waals surface area contributed by atoms with Crippen LogP contribution in [0.5, 0.6) is 0 Å². The second-order valence-electron chi connectivity index (χ2n) is 4.98. The molecule has 0 saturated heterocycles. The van der Waals surface area contributed by atoms with Gasteiger partial charge in [0.2, 0.25) is 5.78 Å². The number of halogens is 5. The molecule has 130 valence electrons. The molecule has 9 heteroatoms. The van der Waals surface area contributed by atoms with E-state index in [4.69, 9.17) is 0 Å². The average Bonchev–Trinajstić information content (AvgIpc) is 3.24. The molecule has 1 aliphatic rings. The molecule has 1 N–H and O–H groups in total. The van der Waals surface area contributed by atoms with E-state index in [1.807, 2.05) is 0 Å². The number of Topliss-reactive ketones (excluding diaryl/α,β-unsaturated/α-hetero) is 1. The summed E-state index contributed by atoms with van der Waals surface area (Å²) in [5.41, 5.74) is -1.50. The third-order valence-corrected chi connectivity index (χ3v) is 3.94. The number of alkyl halides is 1. The maximum atomic E-state index is 14.0. The molecule has 1 aliphatic carbocycles. The van der Waals surface area contributed by atoms with Gasteiger partial charge in [0.1, 0.15) is 11.7 Å². The highest BCUT2D eigenvalue weighted by Crippen LogP contribution is 2.28. The van der Waals surface area contributed by atoms with Crippen LogP contribution in [0.3, 0.4) is 0 Å². The second kappa shape index (κ2) is 7.33. The first kappa shape index (κ1) is 18.4. The topological polar surface area (TPSA) is 55.4 Å². The molecular formula is C15H12BrF4NO3. The fourth-order valence-corrected chi connectivity index (χ4v) is 2.24. The van der Waals surface area contributed by atoms with Gasteiger partial charge in [-0.2, -0.15) is 0 Å². The Bertz CT molecular complexity index is 723. The van der Waals surface area contributed by atoms with Crippen LogP contribution in [0.15, 0.2) is 22.3 Å². The smallest absolute Gasteiger partial charge is 0.343 e. The molecule has 0 aliphatic heterocycles. The fraction of sp³-hybridized carbons (Fsp3) is 0.333. The fourth-order valence-electron chi connectivity index (χ4n) is 1.84. The quantitative estimate of drug-likeness (QED) is 0.114. The molecule has 0 amide bonds. The number of ether oxygens (including phenoxy) is 1. The zero-order chi connectivity index (χ0) is 18.0. The predicted octanol–water partition coefficient (Wildman–Crippen LogP) is 3.20. The SMILES string of the molecule is CCOC(=O)C(=CNC1CC1F)C(=O)c1cc(F)c(F)c(Br)c1F. The van der Waals surface area contributed by atoms with Gasteiger partial charge in [-0.15, -0.1) is 0 Å². The van der Waals surface area contributed by atoms with Crippen molar-refractivity contribution in [2.75, 3.05) is 6.61 Å². The normalized spacial score (nSPS) is 19.8. The van der Waals surface area contributed by atoms with Crippen LogP contribution in [0.2, 0.25) is 0 Å². The van der Waals surface area contributed by atoms with Crippen LogP contribution in [0, 0.1) is 17.5 Å². The zero-order valence-electron chi connectivity index (χ0n) is 12.3. The van der Waals surface area contributed by atoms with E-state index in [9.17, 15) is 27.2 Å². The van der Waals surface area contributed by atoms with Crippen LogP contribution in [-0.4, -0.2) is 30.6 Å². The Hall–Kier alpha value is -1.90. The lowest BCUT2D eigenvalue weighted by Gasteiger charge is -2.09. The van der Waals surface area contributed by atoms with Crippen LogP contribution >= 0.6 is 15.9 Å². The van der Waals surface area contributed by atoms with Crippen molar-refractivity contribution in [2.24, 2.45) is 0 Å². The largest absolute Gasteiger partial charge is 0.462 e. The number of rotatable bonds is 6. The summed E-state index contributed by atoms with van der Waals surface area (Å²) < 4.78 is 57.5. The van der Waals surface area contributed by atoms with Gasteiger partial charge in [0, 0.05) is 12.6 Å². The monoisotopic (exact) mass is 409 g/mol. The summed E-state index contributed by atoms with van der Waals surface area (Å²) in [4.78, 5) is 24.2. The van der Waals surface area contributed by atoms with Crippen molar-refractivity contribution in [3.8, 4) is 0 Å². The van der Waals surface area contributed by atoms with Gasteiger partial charge in [-0.25, -0.2) is 22.4 Å². The summed E-state index contributed by atoms with van der Waals surface area (Å²) >= 11 is 2.50. The van der Waals surface area contributed by atoms with Gasteiger partial charge in [-0.3, -0.25) is 4.79 Å². The van der Waals surface area contributed by atoms with E-state index >= 15 is 0 Å². The van der Waals surface area contributed by atoms with Crippen molar-refractivity contribution in [1.82, 2.24) is 5.32 Å². The van der Waals surface area contributed by atoms with Crippen molar-refractivity contribution in [3.05, 3.63) is 45.3 Å². The average molecular weight is 410 g/mol. The first-order chi connectivity index (χ1) is 11.3. The molecule has 0 heterocycles. The van der Waals surface area contributed by atoms with Gasteiger partial charge in [0.25, 0.3) is 0 Å². The number of carbonyl (C=O) groups is 2. The van der Waals surface area contributed by atoms with Gasteiger partial charge >= 0.3 is 5.97 Å². The third-order valence-electron chi connectivity index (χ3n) is 3.24. The maximum Gasteiger partial charge on any atom is 0.343 e. The molecule has 0 bridgehead atoms. The predicted molar refractivity (Wildman–Crippen MR) is 79.5 cm³/mol. The minimum atomic E-state index is -1.50. The summed E-state index contributed by atoms with van der Waals surface area (Å²) in [6, 6.07) is -0.219. The molecule has 1 aromatic rings. The van der Waals surface area contributed by atoms with Crippen molar-refractivity contribution >= 4 is 27.7 Å². The lowest BCUT2D eigenvalue weighted by atomic mass is 10.0. The van der Waals surface area contributed by atoms with E-state index < -0.39 is 57.0 Å². The summed E-state index contributed by atoms with van der Waals surface area (Å²) in [5, 5.41) is 2.50. The standard InChI is InChI=1S/C15H12BrF4NO3/c1-2-24-15(23)7(5-21-10-4-8(10)17)14(22)6-3-9(18)13(20)11(16)12(6)19/h3,5,8,10,21H,2,4H2,1H3. The Morgan fingerprint density at radius 1 is 1.38 bits per heavy atom. The highest BCUT2D eigenvalue weighted by Gasteiger charge is 2.37. The lowest BCUT2D eigenvalue weighted by molar-refractivity contribution is -0.138. The van der Waals surface area contributed by atoms with Crippen LogP contribution in [-0.2, 0) is 9.53 Å². The minimum absolute atomic E-state index is 0.0669. The van der Waals surface area contributed by atoms with Crippen LogP contribution < -0.4 is 5.32 Å². The second-order valence-corrected chi connectivity index (χ2v) is 5.77. The molecule has 2 atom stereocenters. The van der Waals surface area contributed by atoms with E-state index in [0.29, 0.717) is 6.07 Å². The van der Waals surface area contributed by atoms with Crippen molar-refractivity contribution in [2.45, 2.75) is 25.6 Å². The number of benzene rings is 1. The number of ketones is 1. The Kier molecular flexibility index (Phi) is 5.63. The lowest BCUT2D eigenvalue weighted by Crippen LogP contribution is -2.22. The highest BCUT2D eigenvalue weighted by molar-refractivity contribution is 9.10. The van der Waals surface area contributed by atoms with Gasteiger partial charge in [0.15, 0.2) is 17.5 Å². The van der Waals surface area contributed by atoms with E-state index in [-0.39, 0.29) is 13.0 Å². The Balaban J connectivity index is 2.39. The van der Waals surface area contributed by atoms with Crippen LogP contribution in [0.4, 0.5) is 17.6 Å². The van der Waals surface area contributed by atoms with Crippen LogP contribution in [0.1, 0.15) is 23.7 Å². The summed E-state index contributed by atoms with van der Waals surface area (Å²) in [6.07, 6.45) is -0.0145. The molecule has 4 nitrogen and oxygen atoms in total. The number of hydrogen-bond donors (Lipinski definition) is 1. The Morgan fingerprint density at radius 2 is 2.00 bits per heavy atom. The molecule has 0 aromatic heterocycles. The van der Waals surface area contributed by atoms with Crippen molar-refractivity contribution in [1.29, 1.82) is 0 Å². The summed E-state index contributed by atoms with van der Waals surface area (Å²) in [7, 11) is 0. The Labute approximate surface area is 143 Å². The Morgan fingerprint density at radius 3 is 2.54 bits per heavy atom. The number of carbonyl (C=O) groups excluding carboxylic acids is 2. The minimum Gasteiger partial charge on any atom is -0.462 e. The van der Waals surface area contributed by atoms with E-state index in [1.54, 1.807) is 0 Å². The van der Waals surface area contributed by atoms with Crippen molar-refractivity contribution in [3.63, 3.8) is 0 Å². The highest BCUT2D eigenvalue weighted by atomic mass is 79.9. The first-order valence-corrected chi connectivity index (χ1v) is 7.72. The molecule has 24 heavy (non-hydrogen) atoms. The molecule has 2 rings (SSSR count). The molecule has 1 aromatic carbocycles. The molecule has 1 saturated carbocycles. The van der Waals surface area contributed by atoms with Gasteiger partial charge in [-0.05, 0) is 28.9 Å². The summed E-state index contributed by atoms with van der Waals surface area (Å²) in [5.74, 6) is -6.62. The zero-order valence-corrected chi connectivity index (χ0v) is 13.9. The van der Waals surface area contributed by atoms with E-state index in [0.717, 1.165) is 6.20 Å².